The van der Waals surface area contributed by atoms with E-state index in [0.717, 1.165) is 0 Å². The molecule has 1 N–H and O–H groups in total. The van der Waals surface area contributed by atoms with Gasteiger partial charge in [-0.25, -0.2) is 13.4 Å². The summed E-state index contributed by atoms with van der Waals surface area (Å²) in [4.78, 5) is 14.4. The standard InChI is InChI=1S/C10H8N2O3S2/c13-7-8-1-3-9(4-2-8)17(14,15)12-10-11-5-6-16-10/h1-7H,(H,11,12). The average Bonchev–Trinajstić information content (AvgIpc) is 2.81. The van der Waals surface area contributed by atoms with Gasteiger partial charge in [-0.1, -0.05) is 12.1 Å². The second kappa shape index (κ2) is 4.64. The van der Waals surface area contributed by atoms with E-state index in [-0.39, 0.29) is 4.90 Å². The SMILES string of the molecule is O=Cc1ccc(S(=O)(=O)Nc2nccs2)cc1. The molecule has 2 aromatic rings. The van der Waals surface area contributed by atoms with Crippen molar-refractivity contribution in [1.29, 1.82) is 0 Å². The average molecular weight is 268 g/mol. The van der Waals surface area contributed by atoms with Crippen LogP contribution in [0.2, 0.25) is 0 Å². The molecule has 2 rings (SSSR count). The van der Waals surface area contributed by atoms with Crippen molar-refractivity contribution >= 4 is 32.8 Å². The molecule has 0 unspecified atom stereocenters. The quantitative estimate of drug-likeness (QED) is 0.857. The number of aldehydes is 1. The van der Waals surface area contributed by atoms with Gasteiger partial charge in [0.25, 0.3) is 10.0 Å². The van der Waals surface area contributed by atoms with E-state index in [1.807, 2.05) is 0 Å². The zero-order chi connectivity index (χ0) is 12.3. The lowest BCUT2D eigenvalue weighted by atomic mass is 10.2. The van der Waals surface area contributed by atoms with Crippen LogP contribution in [-0.4, -0.2) is 19.7 Å². The number of thiazole rings is 1. The third-order valence-electron chi connectivity index (χ3n) is 1.98. The Morgan fingerprint density at radius 2 is 1.94 bits per heavy atom. The number of nitrogens with one attached hydrogen (secondary N) is 1. The number of hydrogen-bond donors (Lipinski definition) is 1. The topological polar surface area (TPSA) is 76.1 Å². The molecule has 0 aliphatic rings. The van der Waals surface area contributed by atoms with Crippen LogP contribution in [0.15, 0.2) is 40.7 Å². The highest BCUT2D eigenvalue weighted by Crippen LogP contribution is 2.17. The van der Waals surface area contributed by atoms with Crippen LogP contribution in [0.1, 0.15) is 10.4 Å². The fourth-order valence-corrected chi connectivity index (χ4v) is 2.96. The highest BCUT2D eigenvalue weighted by Gasteiger charge is 2.14. The summed E-state index contributed by atoms with van der Waals surface area (Å²) in [6.07, 6.45) is 2.17. The highest BCUT2D eigenvalue weighted by atomic mass is 32.2. The predicted octanol–water partition coefficient (Wildman–Crippen LogP) is 1.76. The Bertz CT molecular complexity index is 604. The van der Waals surface area contributed by atoms with E-state index < -0.39 is 10.0 Å². The van der Waals surface area contributed by atoms with Crippen LogP contribution in [-0.2, 0) is 10.0 Å². The molecule has 0 spiro atoms. The van der Waals surface area contributed by atoms with E-state index in [1.165, 1.54) is 41.8 Å². The summed E-state index contributed by atoms with van der Waals surface area (Å²) >= 11 is 1.19. The Labute approximate surface area is 102 Å². The van der Waals surface area contributed by atoms with Crippen LogP contribution in [0.25, 0.3) is 0 Å². The maximum atomic E-state index is 11.9. The number of sulfonamides is 1. The molecule has 0 amide bonds. The summed E-state index contributed by atoms with van der Waals surface area (Å²) in [5.74, 6) is 0. The maximum Gasteiger partial charge on any atom is 0.263 e. The number of carbonyl (C=O) groups excluding carboxylic acids is 1. The van der Waals surface area contributed by atoms with Gasteiger partial charge >= 0.3 is 0 Å². The molecule has 0 atom stereocenters. The molecule has 88 valence electrons. The lowest BCUT2D eigenvalue weighted by Gasteiger charge is -2.04. The zero-order valence-corrected chi connectivity index (χ0v) is 10.2. The molecule has 0 radical (unpaired) electrons. The molecule has 0 saturated carbocycles. The van der Waals surface area contributed by atoms with Gasteiger partial charge in [-0.2, -0.15) is 0 Å². The minimum absolute atomic E-state index is 0.0956. The van der Waals surface area contributed by atoms with E-state index in [0.29, 0.717) is 17.0 Å². The van der Waals surface area contributed by atoms with E-state index in [2.05, 4.69) is 9.71 Å². The minimum atomic E-state index is -3.63. The van der Waals surface area contributed by atoms with Crippen molar-refractivity contribution in [3.8, 4) is 0 Å². The van der Waals surface area contributed by atoms with Crippen LogP contribution in [0.3, 0.4) is 0 Å². The smallest absolute Gasteiger partial charge is 0.263 e. The van der Waals surface area contributed by atoms with E-state index in [4.69, 9.17) is 0 Å². The highest BCUT2D eigenvalue weighted by molar-refractivity contribution is 7.93. The maximum absolute atomic E-state index is 11.9. The van der Waals surface area contributed by atoms with Crippen LogP contribution < -0.4 is 4.72 Å². The van der Waals surface area contributed by atoms with Crippen LogP contribution in [0, 0.1) is 0 Å². The number of nitrogens with zero attached hydrogens (tertiary/aromatic N) is 1. The molecular formula is C10H8N2O3S2. The first kappa shape index (κ1) is 11.7. The van der Waals surface area contributed by atoms with Crippen LogP contribution in [0.5, 0.6) is 0 Å². The molecule has 1 aromatic heterocycles. The summed E-state index contributed by atoms with van der Waals surface area (Å²) in [6, 6.07) is 5.65. The second-order valence-corrected chi connectivity index (χ2v) is 5.71. The van der Waals surface area contributed by atoms with Crippen molar-refractivity contribution in [3.63, 3.8) is 0 Å². The number of rotatable bonds is 4. The molecule has 0 aliphatic heterocycles. The van der Waals surface area contributed by atoms with Gasteiger partial charge in [-0.05, 0) is 12.1 Å². The molecule has 0 aliphatic carbocycles. The van der Waals surface area contributed by atoms with Crippen molar-refractivity contribution in [2.75, 3.05) is 4.72 Å². The zero-order valence-electron chi connectivity index (χ0n) is 8.53. The number of benzene rings is 1. The molecule has 1 heterocycles. The summed E-state index contributed by atoms with van der Waals surface area (Å²) in [7, 11) is -3.63. The number of aromatic nitrogens is 1. The summed E-state index contributed by atoms with van der Waals surface area (Å²) in [6.45, 7) is 0. The fraction of sp³-hybridized carbons (Fsp3) is 0. The van der Waals surface area contributed by atoms with E-state index >= 15 is 0 Å². The molecular weight excluding hydrogens is 260 g/mol. The van der Waals surface area contributed by atoms with Crippen molar-refractivity contribution in [2.45, 2.75) is 4.90 Å². The molecule has 5 nitrogen and oxygen atoms in total. The first-order chi connectivity index (χ1) is 8.12. The van der Waals surface area contributed by atoms with Crippen LogP contribution >= 0.6 is 11.3 Å². The Morgan fingerprint density at radius 1 is 1.24 bits per heavy atom. The largest absolute Gasteiger partial charge is 0.298 e. The van der Waals surface area contributed by atoms with Crippen molar-refractivity contribution in [2.24, 2.45) is 0 Å². The summed E-state index contributed by atoms with van der Waals surface area (Å²) in [5, 5.41) is 1.98. The number of carbonyl (C=O) groups is 1. The lowest BCUT2D eigenvalue weighted by molar-refractivity contribution is 0.112. The number of anilines is 1. The third-order valence-corrected chi connectivity index (χ3v) is 4.15. The van der Waals surface area contributed by atoms with E-state index in [1.54, 1.807) is 5.38 Å². The first-order valence-electron chi connectivity index (χ1n) is 4.59. The van der Waals surface area contributed by atoms with Gasteiger partial charge in [0.2, 0.25) is 0 Å². The van der Waals surface area contributed by atoms with Gasteiger partial charge in [-0.15, -0.1) is 11.3 Å². The molecule has 0 fully saturated rings. The fourth-order valence-electron chi connectivity index (χ4n) is 1.17. The van der Waals surface area contributed by atoms with Gasteiger partial charge in [0.05, 0.1) is 4.90 Å². The Kier molecular flexibility index (Phi) is 3.21. The number of hydrogen-bond acceptors (Lipinski definition) is 5. The second-order valence-electron chi connectivity index (χ2n) is 3.13. The van der Waals surface area contributed by atoms with Gasteiger partial charge in [-0.3, -0.25) is 9.52 Å². The first-order valence-corrected chi connectivity index (χ1v) is 6.96. The van der Waals surface area contributed by atoms with Gasteiger partial charge in [0.15, 0.2) is 5.13 Å². The summed E-state index contributed by atoms with van der Waals surface area (Å²) < 4.78 is 26.1. The Balaban J connectivity index is 2.28. The molecule has 17 heavy (non-hydrogen) atoms. The Hall–Kier alpha value is -1.73. The predicted molar refractivity (Wildman–Crippen MR) is 64.8 cm³/mol. The molecule has 1 aromatic carbocycles. The lowest BCUT2D eigenvalue weighted by Crippen LogP contribution is -2.12. The van der Waals surface area contributed by atoms with Gasteiger partial charge in [0, 0.05) is 17.1 Å². The Morgan fingerprint density at radius 3 is 2.47 bits per heavy atom. The monoisotopic (exact) mass is 268 g/mol. The third kappa shape index (κ3) is 2.69. The molecule has 7 heteroatoms. The van der Waals surface area contributed by atoms with Gasteiger partial charge < -0.3 is 0 Å². The van der Waals surface area contributed by atoms with E-state index in [9.17, 15) is 13.2 Å². The normalized spacial score (nSPS) is 11.1. The minimum Gasteiger partial charge on any atom is -0.298 e. The van der Waals surface area contributed by atoms with Crippen molar-refractivity contribution < 1.29 is 13.2 Å². The van der Waals surface area contributed by atoms with Gasteiger partial charge in [0.1, 0.15) is 6.29 Å². The van der Waals surface area contributed by atoms with Crippen molar-refractivity contribution in [1.82, 2.24) is 4.98 Å². The molecule has 0 bridgehead atoms. The van der Waals surface area contributed by atoms with Crippen molar-refractivity contribution in [3.05, 3.63) is 41.4 Å². The molecule has 0 saturated heterocycles. The van der Waals surface area contributed by atoms with Crippen LogP contribution in [0.4, 0.5) is 5.13 Å². The summed E-state index contributed by atoms with van der Waals surface area (Å²) in [5.41, 5.74) is 0.429.